The van der Waals surface area contributed by atoms with E-state index in [2.05, 4.69) is 12.1 Å². The molecule has 0 unspecified atom stereocenters. The zero-order chi connectivity index (χ0) is 9.42. The van der Waals surface area contributed by atoms with E-state index in [1.807, 2.05) is 31.0 Å². The Morgan fingerprint density at radius 1 is 1.38 bits per heavy atom. The molecule has 0 amide bonds. The lowest BCUT2D eigenvalue weighted by Crippen LogP contribution is -2.38. The van der Waals surface area contributed by atoms with Gasteiger partial charge >= 0.3 is 0 Å². The van der Waals surface area contributed by atoms with Crippen LogP contribution in [0.5, 0.6) is 0 Å². The van der Waals surface area contributed by atoms with Crippen molar-refractivity contribution in [1.82, 2.24) is 4.90 Å². The lowest BCUT2D eigenvalue weighted by molar-refractivity contribution is 0.344. The van der Waals surface area contributed by atoms with Gasteiger partial charge in [0.05, 0.1) is 0 Å². The van der Waals surface area contributed by atoms with E-state index in [4.69, 9.17) is 0 Å². The minimum Gasteiger partial charge on any atom is -0.494 e. The highest BCUT2D eigenvalue weighted by Gasteiger charge is 2.06. The van der Waals surface area contributed by atoms with Crippen molar-refractivity contribution in [2.24, 2.45) is 0 Å². The van der Waals surface area contributed by atoms with E-state index in [-0.39, 0.29) is 0 Å². The van der Waals surface area contributed by atoms with Crippen LogP contribution in [0.3, 0.4) is 0 Å². The number of nitrogens with zero attached hydrogens (tertiary/aromatic N) is 1. The molecule has 0 saturated carbocycles. The summed E-state index contributed by atoms with van der Waals surface area (Å²) in [7, 11) is 1.89. The molecule has 0 saturated heterocycles. The van der Waals surface area contributed by atoms with Crippen LogP contribution in [0, 0.1) is 6.92 Å². The van der Waals surface area contributed by atoms with Gasteiger partial charge < -0.3 is 10.0 Å². The minimum atomic E-state index is 0.376. The van der Waals surface area contributed by atoms with Gasteiger partial charge in [-0.25, -0.2) is 0 Å². The average Bonchev–Trinajstić information content (AvgIpc) is 2.12. The van der Waals surface area contributed by atoms with Gasteiger partial charge in [-0.2, -0.15) is 0 Å². The van der Waals surface area contributed by atoms with Crippen molar-refractivity contribution in [2.45, 2.75) is 6.92 Å². The Kier molecular flexibility index (Phi) is 1.76. The van der Waals surface area contributed by atoms with Gasteiger partial charge in [-0.05, 0) is 18.2 Å². The second kappa shape index (κ2) is 2.80. The first kappa shape index (κ1) is 8.17. The molecular formula is C11H13NO. The number of rotatable bonds is 0. The largest absolute Gasteiger partial charge is 0.494 e. The summed E-state index contributed by atoms with van der Waals surface area (Å²) in [4.78, 5) is 1.84. The van der Waals surface area contributed by atoms with E-state index >= 15 is 0 Å². The molecular weight excluding hydrogens is 162 g/mol. The summed E-state index contributed by atoms with van der Waals surface area (Å²) >= 11 is 0. The summed E-state index contributed by atoms with van der Waals surface area (Å²) in [5, 5.41) is 11.8. The normalized spacial score (nSPS) is 15.2. The molecule has 13 heavy (non-hydrogen) atoms. The molecule has 0 aliphatic carbocycles. The third kappa shape index (κ3) is 1.28. The number of hydrogen-bond donors (Lipinski definition) is 1. The summed E-state index contributed by atoms with van der Waals surface area (Å²) in [6.07, 6.45) is 2.12. The Balaban J connectivity index is 2.83. The molecule has 2 nitrogen and oxygen atoms in total. The smallest absolute Gasteiger partial charge is 0.194 e. The molecule has 1 aromatic rings. The predicted octanol–water partition coefficient (Wildman–Crippen LogP) is 0.345. The van der Waals surface area contributed by atoms with Crippen LogP contribution in [0.1, 0.15) is 5.56 Å². The molecule has 0 atom stereocenters. The highest BCUT2D eigenvalue weighted by Crippen LogP contribution is 1.98. The number of aliphatic hydroxyl groups is 1. The van der Waals surface area contributed by atoms with Crippen LogP contribution in [0.15, 0.2) is 18.2 Å². The number of aliphatic hydroxyl groups excluding tert-OH is 1. The molecule has 1 aromatic carbocycles. The summed E-state index contributed by atoms with van der Waals surface area (Å²) in [5.41, 5.74) is 1.18. The van der Waals surface area contributed by atoms with Crippen molar-refractivity contribution < 1.29 is 5.11 Å². The monoisotopic (exact) mass is 175 g/mol. The van der Waals surface area contributed by atoms with Gasteiger partial charge in [-0.3, -0.25) is 0 Å². The fourth-order valence-corrected chi connectivity index (χ4v) is 1.57. The lowest BCUT2D eigenvalue weighted by Gasteiger charge is -2.19. The van der Waals surface area contributed by atoms with Gasteiger partial charge in [0.15, 0.2) is 5.88 Å². The van der Waals surface area contributed by atoms with Crippen LogP contribution in [0.4, 0.5) is 0 Å². The summed E-state index contributed by atoms with van der Waals surface area (Å²) in [6.45, 7) is 2.81. The standard InChI is InChI=1S/C11H13NO/c1-8-3-4-9-5-6-12(2)11(13)10(9)7-8/h3-5,7,13H,6H2,1-2H3. The van der Waals surface area contributed by atoms with E-state index in [1.165, 1.54) is 5.56 Å². The zero-order valence-electron chi connectivity index (χ0n) is 7.91. The van der Waals surface area contributed by atoms with Crippen molar-refractivity contribution in [1.29, 1.82) is 0 Å². The quantitative estimate of drug-likeness (QED) is 0.615. The van der Waals surface area contributed by atoms with Crippen LogP contribution in [0.25, 0.3) is 12.0 Å². The number of benzene rings is 1. The first-order chi connectivity index (χ1) is 6.18. The lowest BCUT2D eigenvalue weighted by atomic mass is 10.1. The van der Waals surface area contributed by atoms with Crippen molar-refractivity contribution in [3.05, 3.63) is 34.2 Å². The fourth-order valence-electron chi connectivity index (χ4n) is 1.57. The molecule has 0 radical (unpaired) electrons. The third-order valence-electron chi connectivity index (χ3n) is 2.40. The van der Waals surface area contributed by atoms with Crippen molar-refractivity contribution in [3.8, 4) is 0 Å². The van der Waals surface area contributed by atoms with Crippen LogP contribution in [0.2, 0.25) is 0 Å². The van der Waals surface area contributed by atoms with E-state index in [0.29, 0.717) is 5.88 Å². The highest BCUT2D eigenvalue weighted by atomic mass is 16.3. The van der Waals surface area contributed by atoms with Gasteiger partial charge in [0.2, 0.25) is 0 Å². The first-order valence-corrected chi connectivity index (χ1v) is 4.40. The average molecular weight is 175 g/mol. The Bertz CT molecular complexity index is 448. The summed E-state index contributed by atoms with van der Waals surface area (Å²) in [6, 6.07) is 6.12. The number of hydrogen-bond acceptors (Lipinski definition) is 2. The Morgan fingerprint density at radius 2 is 2.15 bits per heavy atom. The molecule has 1 N–H and O–H groups in total. The van der Waals surface area contributed by atoms with Crippen LogP contribution in [-0.2, 0) is 0 Å². The first-order valence-electron chi connectivity index (χ1n) is 4.40. The molecule has 0 fully saturated rings. The van der Waals surface area contributed by atoms with Crippen molar-refractivity contribution >= 4 is 12.0 Å². The number of aryl methyl sites for hydroxylation is 1. The highest BCUT2D eigenvalue weighted by molar-refractivity contribution is 5.44. The van der Waals surface area contributed by atoms with Gasteiger partial charge in [0.1, 0.15) is 0 Å². The molecule has 2 rings (SSSR count). The van der Waals surface area contributed by atoms with E-state index < -0.39 is 0 Å². The molecule has 0 bridgehead atoms. The van der Waals surface area contributed by atoms with Crippen molar-refractivity contribution in [2.75, 3.05) is 13.6 Å². The zero-order valence-corrected chi connectivity index (χ0v) is 7.91. The van der Waals surface area contributed by atoms with E-state index in [1.54, 1.807) is 0 Å². The molecule has 1 aliphatic rings. The Hall–Kier alpha value is -1.44. The van der Waals surface area contributed by atoms with Gasteiger partial charge in [0, 0.05) is 18.8 Å². The fraction of sp³-hybridized carbons (Fsp3) is 0.273. The Labute approximate surface area is 77.4 Å². The molecule has 1 aliphatic heterocycles. The summed E-state index contributed by atoms with van der Waals surface area (Å²) in [5.74, 6) is 0.376. The van der Waals surface area contributed by atoms with Crippen LogP contribution >= 0.6 is 0 Å². The maximum Gasteiger partial charge on any atom is 0.194 e. The second-order valence-electron chi connectivity index (χ2n) is 3.50. The second-order valence-corrected chi connectivity index (χ2v) is 3.50. The summed E-state index contributed by atoms with van der Waals surface area (Å²) < 4.78 is 0. The third-order valence-corrected chi connectivity index (χ3v) is 2.40. The number of fused-ring (bicyclic) bond motifs is 1. The molecule has 2 heteroatoms. The maximum atomic E-state index is 9.78. The molecule has 0 spiro atoms. The van der Waals surface area contributed by atoms with Gasteiger partial charge in [-0.15, -0.1) is 0 Å². The maximum absolute atomic E-state index is 9.78. The van der Waals surface area contributed by atoms with E-state index in [9.17, 15) is 5.11 Å². The molecule has 0 aromatic heterocycles. The minimum absolute atomic E-state index is 0.376. The van der Waals surface area contributed by atoms with Gasteiger partial charge in [0.25, 0.3) is 0 Å². The SMILES string of the molecule is Cc1ccc2c(c1)=C(O)N(C)CC=2. The van der Waals surface area contributed by atoms with Crippen LogP contribution in [-0.4, -0.2) is 23.6 Å². The molecule has 1 heterocycles. The molecule has 68 valence electrons. The Morgan fingerprint density at radius 3 is 2.92 bits per heavy atom. The van der Waals surface area contributed by atoms with E-state index in [0.717, 1.165) is 17.0 Å². The topological polar surface area (TPSA) is 23.5 Å². The van der Waals surface area contributed by atoms with Gasteiger partial charge in [-0.1, -0.05) is 23.8 Å². The predicted molar refractivity (Wildman–Crippen MR) is 53.6 cm³/mol. The van der Waals surface area contributed by atoms with Crippen molar-refractivity contribution in [3.63, 3.8) is 0 Å². The van der Waals surface area contributed by atoms with Crippen LogP contribution < -0.4 is 10.4 Å².